The van der Waals surface area contributed by atoms with Crippen LogP contribution in [0.15, 0.2) is 18.2 Å². The van der Waals surface area contributed by atoms with E-state index in [0.29, 0.717) is 5.56 Å². The van der Waals surface area contributed by atoms with E-state index in [9.17, 15) is 18.0 Å². The van der Waals surface area contributed by atoms with Crippen LogP contribution in [0.4, 0.5) is 13.2 Å². The van der Waals surface area contributed by atoms with Gasteiger partial charge < -0.3 is 0 Å². The van der Waals surface area contributed by atoms with Gasteiger partial charge >= 0.3 is 6.18 Å². The molecule has 19 heavy (non-hydrogen) atoms. The minimum Gasteiger partial charge on any atom is -0.299 e. The number of halogens is 3. The van der Waals surface area contributed by atoms with Gasteiger partial charge in [0.2, 0.25) is 0 Å². The largest absolute Gasteiger partial charge is 0.390 e. The summed E-state index contributed by atoms with van der Waals surface area (Å²) in [7, 11) is 1.52. The summed E-state index contributed by atoms with van der Waals surface area (Å²) in [5, 5.41) is 0. The van der Waals surface area contributed by atoms with Gasteiger partial charge in [-0.3, -0.25) is 9.69 Å². The summed E-state index contributed by atoms with van der Waals surface area (Å²) >= 11 is 0. The van der Waals surface area contributed by atoms with Crippen LogP contribution in [-0.4, -0.2) is 37.0 Å². The van der Waals surface area contributed by atoms with E-state index in [1.165, 1.54) is 11.9 Å². The minimum atomic E-state index is -4.18. The van der Waals surface area contributed by atoms with Crippen molar-refractivity contribution < 1.29 is 18.0 Å². The Morgan fingerprint density at radius 3 is 2.47 bits per heavy atom. The van der Waals surface area contributed by atoms with E-state index in [0.717, 1.165) is 11.1 Å². The Morgan fingerprint density at radius 2 is 1.89 bits per heavy atom. The molecule has 0 unspecified atom stereocenters. The monoisotopic (exact) mass is 273 g/mol. The standard InChI is InChI=1S/C14H18F3NO/c1-10-4-5-11(2)12(8-10)13(19)9-18(3)7-6-14(15,16)17/h4-5,8H,6-7,9H2,1-3H3. The van der Waals surface area contributed by atoms with Crippen molar-refractivity contribution in [1.82, 2.24) is 4.90 Å². The second-order valence-corrected chi connectivity index (χ2v) is 4.84. The van der Waals surface area contributed by atoms with E-state index in [-0.39, 0.29) is 18.9 Å². The van der Waals surface area contributed by atoms with Crippen molar-refractivity contribution >= 4 is 5.78 Å². The molecular weight excluding hydrogens is 255 g/mol. The Bertz CT molecular complexity index is 454. The highest BCUT2D eigenvalue weighted by Crippen LogP contribution is 2.19. The van der Waals surface area contributed by atoms with Crippen molar-refractivity contribution in [3.8, 4) is 0 Å². The number of hydrogen-bond donors (Lipinski definition) is 0. The van der Waals surface area contributed by atoms with Gasteiger partial charge in [0.15, 0.2) is 5.78 Å². The second-order valence-electron chi connectivity index (χ2n) is 4.84. The molecule has 0 N–H and O–H groups in total. The first-order valence-corrected chi connectivity index (χ1v) is 6.05. The lowest BCUT2D eigenvalue weighted by molar-refractivity contribution is -0.137. The van der Waals surface area contributed by atoms with Crippen LogP contribution in [0.1, 0.15) is 27.9 Å². The fourth-order valence-electron chi connectivity index (χ4n) is 1.76. The van der Waals surface area contributed by atoms with E-state index < -0.39 is 12.6 Å². The zero-order chi connectivity index (χ0) is 14.6. The van der Waals surface area contributed by atoms with E-state index in [2.05, 4.69) is 0 Å². The first-order chi connectivity index (χ1) is 8.69. The van der Waals surface area contributed by atoms with Crippen molar-refractivity contribution in [3.63, 3.8) is 0 Å². The number of benzene rings is 1. The molecule has 0 saturated carbocycles. The lowest BCUT2D eigenvalue weighted by atomic mass is 10.0. The highest BCUT2D eigenvalue weighted by Gasteiger charge is 2.27. The van der Waals surface area contributed by atoms with E-state index in [1.54, 1.807) is 6.07 Å². The summed E-state index contributed by atoms with van der Waals surface area (Å²) in [6.45, 7) is 3.53. The number of hydrogen-bond acceptors (Lipinski definition) is 2. The van der Waals surface area contributed by atoms with Gasteiger partial charge in [-0.05, 0) is 32.5 Å². The smallest absolute Gasteiger partial charge is 0.299 e. The van der Waals surface area contributed by atoms with E-state index >= 15 is 0 Å². The molecule has 106 valence electrons. The fraction of sp³-hybridized carbons (Fsp3) is 0.500. The average Bonchev–Trinajstić information content (AvgIpc) is 2.28. The van der Waals surface area contributed by atoms with Gasteiger partial charge in [0.05, 0.1) is 13.0 Å². The zero-order valence-corrected chi connectivity index (χ0v) is 11.3. The number of rotatable bonds is 5. The number of Topliss-reactive ketones (excluding diaryl/α,β-unsaturated/α-hetero) is 1. The van der Waals surface area contributed by atoms with Gasteiger partial charge in [0, 0.05) is 12.1 Å². The third kappa shape index (κ3) is 5.42. The number of nitrogens with zero attached hydrogens (tertiary/aromatic N) is 1. The molecule has 2 nitrogen and oxygen atoms in total. The quantitative estimate of drug-likeness (QED) is 0.767. The molecule has 0 saturated heterocycles. The number of ketones is 1. The maximum absolute atomic E-state index is 12.1. The van der Waals surface area contributed by atoms with Crippen molar-refractivity contribution in [2.75, 3.05) is 20.1 Å². The van der Waals surface area contributed by atoms with Crippen LogP contribution in [-0.2, 0) is 0 Å². The molecule has 0 aliphatic heterocycles. The Labute approximate surface area is 111 Å². The minimum absolute atomic E-state index is 0.000370. The molecule has 0 aliphatic carbocycles. The van der Waals surface area contributed by atoms with Gasteiger partial charge in [0.25, 0.3) is 0 Å². The molecule has 0 aromatic heterocycles. The summed E-state index contributed by atoms with van der Waals surface area (Å²) in [5.41, 5.74) is 2.39. The van der Waals surface area contributed by atoms with Crippen LogP contribution >= 0.6 is 0 Å². The molecule has 1 aromatic carbocycles. The van der Waals surface area contributed by atoms with Gasteiger partial charge in [-0.15, -0.1) is 0 Å². The number of carbonyl (C=O) groups is 1. The molecule has 5 heteroatoms. The Hall–Kier alpha value is -1.36. The lowest BCUT2D eigenvalue weighted by Crippen LogP contribution is -2.30. The highest BCUT2D eigenvalue weighted by molar-refractivity contribution is 5.99. The SMILES string of the molecule is Cc1ccc(C)c(C(=O)CN(C)CCC(F)(F)F)c1. The summed E-state index contributed by atoms with van der Waals surface area (Å²) in [6.07, 6.45) is -5.08. The molecule has 0 radical (unpaired) electrons. The molecule has 0 heterocycles. The fourth-order valence-corrected chi connectivity index (χ4v) is 1.76. The number of carbonyl (C=O) groups excluding carboxylic acids is 1. The Kier molecular flexibility index (Phi) is 5.11. The molecule has 0 bridgehead atoms. The summed E-state index contributed by atoms with van der Waals surface area (Å²) in [5.74, 6) is -0.147. The third-order valence-electron chi connectivity index (χ3n) is 2.88. The van der Waals surface area contributed by atoms with Crippen LogP contribution < -0.4 is 0 Å². The van der Waals surface area contributed by atoms with Crippen LogP contribution in [0.3, 0.4) is 0 Å². The lowest BCUT2D eigenvalue weighted by Gasteiger charge is -2.17. The molecule has 0 atom stereocenters. The highest BCUT2D eigenvalue weighted by atomic mass is 19.4. The van der Waals surface area contributed by atoms with Crippen molar-refractivity contribution in [1.29, 1.82) is 0 Å². The maximum atomic E-state index is 12.1. The maximum Gasteiger partial charge on any atom is 0.390 e. The van der Waals surface area contributed by atoms with Crippen molar-refractivity contribution in [2.45, 2.75) is 26.4 Å². The first-order valence-electron chi connectivity index (χ1n) is 6.05. The molecular formula is C14H18F3NO. The van der Waals surface area contributed by atoms with Gasteiger partial charge in [-0.25, -0.2) is 0 Å². The number of alkyl halides is 3. The second kappa shape index (κ2) is 6.19. The number of likely N-dealkylation sites (N-methyl/N-ethyl adjacent to an activating group) is 1. The summed E-state index contributed by atoms with van der Waals surface area (Å²) < 4.78 is 36.2. The predicted molar refractivity (Wildman–Crippen MR) is 68.4 cm³/mol. The van der Waals surface area contributed by atoms with Crippen LogP contribution in [0.25, 0.3) is 0 Å². The first kappa shape index (κ1) is 15.7. The summed E-state index contributed by atoms with van der Waals surface area (Å²) in [4.78, 5) is 13.4. The van der Waals surface area contributed by atoms with E-state index in [4.69, 9.17) is 0 Å². The molecule has 0 spiro atoms. The molecule has 0 amide bonds. The topological polar surface area (TPSA) is 20.3 Å². The van der Waals surface area contributed by atoms with Crippen LogP contribution in [0.5, 0.6) is 0 Å². The zero-order valence-electron chi connectivity index (χ0n) is 11.3. The van der Waals surface area contributed by atoms with Gasteiger partial charge in [-0.1, -0.05) is 17.7 Å². The van der Waals surface area contributed by atoms with Crippen LogP contribution in [0, 0.1) is 13.8 Å². The molecule has 1 aromatic rings. The predicted octanol–water partition coefficient (Wildman–Crippen LogP) is 3.37. The molecule has 0 aliphatic rings. The Balaban J connectivity index is 2.62. The van der Waals surface area contributed by atoms with Crippen molar-refractivity contribution in [3.05, 3.63) is 34.9 Å². The Morgan fingerprint density at radius 1 is 1.26 bits per heavy atom. The third-order valence-corrected chi connectivity index (χ3v) is 2.88. The van der Waals surface area contributed by atoms with Gasteiger partial charge in [-0.2, -0.15) is 13.2 Å². The molecule has 0 fully saturated rings. The van der Waals surface area contributed by atoms with Crippen LogP contribution in [0.2, 0.25) is 0 Å². The average molecular weight is 273 g/mol. The number of aryl methyl sites for hydroxylation is 2. The van der Waals surface area contributed by atoms with E-state index in [1.807, 2.05) is 26.0 Å². The normalized spacial score (nSPS) is 11.9. The summed E-state index contributed by atoms with van der Waals surface area (Å²) in [6, 6.07) is 5.52. The van der Waals surface area contributed by atoms with Crippen molar-refractivity contribution in [2.24, 2.45) is 0 Å². The molecule has 1 rings (SSSR count). The van der Waals surface area contributed by atoms with Gasteiger partial charge in [0.1, 0.15) is 0 Å².